The van der Waals surface area contributed by atoms with Crippen LogP contribution in [0, 0.1) is 6.92 Å². The van der Waals surface area contributed by atoms with E-state index in [0.29, 0.717) is 24.4 Å². The van der Waals surface area contributed by atoms with E-state index in [-0.39, 0.29) is 0 Å². The van der Waals surface area contributed by atoms with Crippen LogP contribution in [0.5, 0.6) is 0 Å². The molecule has 0 unspecified atom stereocenters. The van der Waals surface area contributed by atoms with Gasteiger partial charge in [-0.2, -0.15) is 9.40 Å². The maximum atomic E-state index is 12.7. The van der Waals surface area contributed by atoms with Gasteiger partial charge in [-0.25, -0.2) is 17.9 Å². The minimum atomic E-state index is -3.48. The van der Waals surface area contributed by atoms with Crippen LogP contribution in [0.25, 0.3) is 5.65 Å². The Hall–Kier alpha value is -2.25. The molecule has 0 radical (unpaired) electrons. The zero-order valence-corrected chi connectivity index (χ0v) is 13.5. The summed E-state index contributed by atoms with van der Waals surface area (Å²) in [6, 6.07) is 10.5. The molecular formula is C16H16N4O2S. The van der Waals surface area contributed by atoms with E-state index in [9.17, 15) is 8.42 Å². The summed E-state index contributed by atoms with van der Waals surface area (Å²) in [6.45, 7) is 2.70. The topological polar surface area (TPSA) is 67.6 Å². The predicted molar refractivity (Wildman–Crippen MR) is 85.5 cm³/mol. The highest BCUT2D eigenvalue weighted by atomic mass is 32.2. The second-order valence-corrected chi connectivity index (χ2v) is 7.63. The van der Waals surface area contributed by atoms with Crippen molar-refractivity contribution >= 4 is 15.7 Å². The van der Waals surface area contributed by atoms with Crippen LogP contribution >= 0.6 is 0 Å². The first-order valence-corrected chi connectivity index (χ1v) is 8.88. The molecule has 3 heterocycles. The molecule has 1 aliphatic heterocycles. The molecule has 3 aromatic rings. The smallest absolute Gasteiger partial charge is 0.237 e. The number of benzene rings is 1. The minimum Gasteiger partial charge on any atom is -0.237 e. The molecule has 0 N–H and O–H groups in total. The molecular weight excluding hydrogens is 312 g/mol. The van der Waals surface area contributed by atoms with E-state index in [1.807, 2.05) is 23.6 Å². The van der Waals surface area contributed by atoms with Crippen LogP contribution in [0.4, 0.5) is 0 Å². The van der Waals surface area contributed by atoms with E-state index in [1.165, 1.54) is 4.31 Å². The van der Waals surface area contributed by atoms with Crippen molar-refractivity contribution < 1.29 is 8.42 Å². The molecule has 4 rings (SSSR count). The van der Waals surface area contributed by atoms with E-state index in [0.717, 1.165) is 22.6 Å². The fourth-order valence-corrected chi connectivity index (χ4v) is 4.42. The third-order valence-electron chi connectivity index (χ3n) is 4.12. The maximum Gasteiger partial charge on any atom is 0.243 e. The number of rotatable bonds is 2. The maximum absolute atomic E-state index is 12.7. The average Bonchev–Trinajstić information content (AvgIpc) is 2.96. The number of nitrogens with zero attached hydrogens (tertiary/aromatic N) is 4. The number of aromatic nitrogens is 3. The molecule has 7 heteroatoms. The summed E-state index contributed by atoms with van der Waals surface area (Å²) in [4.78, 5) is 4.71. The molecule has 6 nitrogen and oxygen atoms in total. The van der Waals surface area contributed by atoms with Gasteiger partial charge in [0.05, 0.1) is 16.3 Å². The van der Waals surface area contributed by atoms with Gasteiger partial charge in [0.1, 0.15) is 0 Å². The number of sulfonamides is 1. The highest BCUT2D eigenvalue weighted by molar-refractivity contribution is 7.89. The molecule has 1 aliphatic rings. The Labute approximate surface area is 134 Å². The van der Waals surface area contributed by atoms with Crippen LogP contribution in [0.2, 0.25) is 0 Å². The van der Waals surface area contributed by atoms with Crippen molar-refractivity contribution in [2.45, 2.75) is 24.8 Å². The molecule has 0 bridgehead atoms. The van der Waals surface area contributed by atoms with Gasteiger partial charge in [-0.3, -0.25) is 0 Å². The molecule has 0 saturated heterocycles. The van der Waals surface area contributed by atoms with Crippen molar-refractivity contribution in [1.29, 1.82) is 0 Å². The highest BCUT2D eigenvalue weighted by Crippen LogP contribution is 2.25. The Kier molecular flexibility index (Phi) is 3.21. The van der Waals surface area contributed by atoms with Crippen LogP contribution in [-0.4, -0.2) is 33.9 Å². The summed E-state index contributed by atoms with van der Waals surface area (Å²) < 4.78 is 28.8. The molecule has 0 fully saturated rings. The third kappa shape index (κ3) is 2.32. The number of hydrogen-bond donors (Lipinski definition) is 0. The Morgan fingerprint density at radius 2 is 1.96 bits per heavy atom. The van der Waals surface area contributed by atoms with Gasteiger partial charge in [0.25, 0.3) is 0 Å². The summed E-state index contributed by atoms with van der Waals surface area (Å²) in [5.41, 5.74) is 3.67. The second kappa shape index (κ2) is 5.14. The standard InChI is InChI=1S/C16H16N4O2S/c1-12-9-16-17-10-13-11-19(8-7-15(13)20(16)18-12)23(21,22)14-5-3-2-4-6-14/h2-6,9-10H,7-8,11H2,1H3. The van der Waals surface area contributed by atoms with E-state index in [4.69, 9.17) is 0 Å². The third-order valence-corrected chi connectivity index (χ3v) is 5.98. The minimum absolute atomic E-state index is 0.326. The molecule has 118 valence electrons. The van der Waals surface area contributed by atoms with Gasteiger partial charge in [-0.1, -0.05) is 18.2 Å². The zero-order chi connectivity index (χ0) is 16.0. The quantitative estimate of drug-likeness (QED) is 0.719. The van der Waals surface area contributed by atoms with Gasteiger partial charge in [-0.15, -0.1) is 0 Å². The Bertz CT molecular complexity index is 980. The lowest BCUT2D eigenvalue weighted by molar-refractivity contribution is 0.384. The lowest BCUT2D eigenvalue weighted by Gasteiger charge is -2.28. The molecule has 0 spiro atoms. The van der Waals surface area contributed by atoms with Crippen molar-refractivity contribution in [3.05, 3.63) is 59.5 Å². The van der Waals surface area contributed by atoms with Crippen molar-refractivity contribution in [3.63, 3.8) is 0 Å². The molecule has 0 atom stereocenters. The van der Waals surface area contributed by atoms with E-state index < -0.39 is 10.0 Å². The molecule has 0 saturated carbocycles. The molecule has 23 heavy (non-hydrogen) atoms. The normalized spacial score (nSPS) is 15.7. The Morgan fingerprint density at radius 3 is 2.74 bits per heavy atom. The SMILES string of the molecule is Cc1cc2ncc3c(n2n1)CCN(S(=O)(=O)c1ccccc1)C3. The fraction of sp³-hybridized carbons (Fsp3) is 0.250. The molecule has 2 aromatic heterocycles. The lowest BCUT2D eigenvalue weighted by Crippen LogP contribution is -2.37. The monoisotopic (exact) mass is 328 g/mol. The van der Waals surface area contributed by atoms with Gasteiger partial charge in [0.15, 0.2) is 5.65 Å². The van der Waals surface area contributed by atoms with Crippen LogP contribution < -0.4 is 0 Å². The molecule has 1 aromatic carbocycles. The summed E-state index contributed by atoms with van der Waals surface area (Å²) >= 11 is 0. The van der Waals surface area contributed by atoms with E-state index >= 15 is 0 Å². The van der Waals surface area contributed by atoms with Gasteiger partial charge in [0, 0.05) is 37.3 Å². The molecule has 0 amide bonds. The first-order valence-electron chi connectivity index (χ1n) is 7.44. The van der Waals surface area contributed by atoms with Crippen molar-refractivity contribution in [1.82, 2.24) is 18.9 Å². The second-order valence-electron chi connectivity index (χ2n) is 5.69. The van der Waals surface area contributed by atoms with Crippen molar-refractivity contribution in [2.75, 3.05) is 6.54 Å². The Morgan fingerprint density at radius 1 is 1.17 bits per heavy atom. The van der Waals surface area contributed by atoms with Gasteiger partial charge >= 0.3 is 0 Å². The van der Waals surface area contributed by atoms with Crippen LogP contribution in [0.3, 0.4) is 0 Å². The fourth-order valence-electron chi connectivity index (χ4n) is 2.98. The van der Waals surface area contributed by atoms with Crippen molar-refractivity contribution in [3.8, 4) is 0 Å². The highest BCUT2D eigenvalue weighted by Gasteiger charge is 2.29. The summed E-state index contributed by atoms with van der Waals surface area (Å²) in [5, 5.41) is 4.46. The average molecular weight is 328 g/mol. The van der Waals surface area contributed by atoms with Crippen LogP contribution in [-0.2, 0) is 23.0 Å². The Balaban J connectivity index is 1.73. The number of fused-ring (bicyclic) bond motifs is 3. The predicted octanol–water partition coefficient (Wildman–Crippen LogP) is 1.78. The van der Waals surface area contributed by atoms with Crippen LogP contribution in [0.15, 0.2) is 47.5 Å². The summed E-state index contributed by atoms with van der Waals surface area (Å²) in [5.74, 6) is 0. The molecule has 0 aliphatic carbocycles. The lowest BCUT2D eigenvalue weighted by atomic mass is 10.1. The summed E-state index contributed by atoms with van der Waals surface area (Å²) in [7, 11) is -3.48. The number of aryl methyl sites for hydroxylation is 1. The number of hydrogen-bond acceptors (Lipinski definition) is 4. The first-order chi connectivity index (χ1) is 11.1. The van der Waals surface area contributed by atoms with Crippen LogP contribution in [0.1, 0.15) is 17.0 Å². The van der Waals surface area contributed by atoms with E-state index in [2.05, 4.69) is 10.1 Å². The zero-order valence-electron chi connectivity index (χ0n) is 12.7. The van der Waals surface area contributed by atoms with Gasteiger partial charge in [-0.05, 0) is 19.1 Å². The summed E-state index contributed by atoms with van der Waals surface area (Å²) in [6.07, 6.45) is 2.39. The van der Waals surface area contributed by atoms with Gasteiger partial charge in [0.2, 0.25) is 10.0 Å². The van der Waals surface area contributed by atoms with Crippen molar-refractivity contribution in [2.24, 2.45) is 0 Å². The van der Waals surface area contributed by atoms with E-state index in [1.54, 1.807) is 30.5 Å². The largest absolute Gasteiger partial charge is 0.243 e. The van der Waals surface area contributed by atoms with Gasteiger partial charge < -0.3 is 0 Å². The first kappa shape index (κ1) is 14.3.